The van der Waals surface area contributed by atoms with Crippen molar-refractivity contribution in [3.05, 3.63) is 29.8 Å². The molecule has 0 spiro atoms. The van der Waals surface area contributed by atoms with Crippen molar-refractivity contribution in [2.75, 3.05) is 13.1 Å². The van der Waals surface area contributed by atoms with E-state index in [-0.39, 0.29) is 0 Å². The minimum Gasteiger partial charge on any atom is -0.508 e. The topological polar surface area (TPSA) is 35.5 Å². The molecule has 1 aromatic rings. The number of nitrogens with zero attached hydrogens (tertiary/aromatic N) is 1. The highest BCUT2D eigenvalue weighted by Crippen LogP contribution is 2.15. The minimum absolute atomic E-state index is 0.347. The van der Waals surface area contributed by atoms with Gasteiger partial charge in [0.25, 0.3) is 0 Å². The third-order valence-corrected chi connectivity index (χ3v) is 4.27. The van der Waals surface area contributed by atoms with Crippen molar-refractivity contribution in [3.8, 4) is 5.75 Å². The quantitative estimate of drug-likeness (QED) is 0.838. The third-order valence-electron chi connectivity index (χ3n) is 4.27. The number of aryl methyl sites for hydroxylation is 1. The van der Waals surface area contributed by atoms with E-state index in [1.807, 2.05) is 12.1 Å². The second-order valence-corrected chi connectivity index (χ2v) is 6.35. The third kappa shape index (κ3) is 4.50. The molecule has 1 aliphatic heterocycles. The molecule has 0 amide bonds. The molecular weight excluding hydrogens is 248 g/mol. The molecule has 0 aliphatic carbocycles. The summed E-state index contributed by atoms with van der Waals surface area (Å²) < 4.78 is 0. The maximum absolute atomic E-state index is 9.28. The monoisotopic (exact) mass is 276 g/mol. The van der Waals surface area contributed by atoms with Crippen LogP contribution in [0.1, 0.15) is 39.2 Å². The second-order valence-electron chi connectivity index (χ2n) is 6.35. The molecule has 0 radical (unpaired) electrons. The summed E-state index contributed by atoms with van der Waals surface area (Å²) in [5.41, 5.74) is 1.30. The van der Waals surface area contributed by atoms with Crippen molar-refractivity contribution >= 4 is 0 Å². The van der Waals surface area contributed by atoms with Crippen molar-refractivity contribution < 1.29 is 5.11 Å². The predicted octanol–water partition coefficient (Wildman–Crippen LogP) is 2.79. The maximum Gasteiger partial charge on any atom is 0.115 e. The molecule has 112 valence electrons. The normalized spacial score (nSPS) is 21.5. The van der Waals surface area contributed by atoms with Gasteiger partial charge in [-0.25, -0.2) is 0 Å². The predicted molar refractivity (Wildman–Crippen MR) is 84.1 cm³/mol. The lowest BCUT2D eigenvalue weighted by Crippen LogP contribution is -2.39. The van der Waals surface area contributed by atoms with Crippen LogP contribution >= 0.6 is 0 Å². The molecule has 1 aliphatic rings. The van der Waals surface area contributed by atoms with Gasteiger partial charge in [0.05, 0.1) is 0 Å². The van der Waals surface area contributed by atoms with Crippen molar-refractivity contribution in [2.24, 2.45) is 0 Å². The maximum atomic E-state index is 9.28. The molecule has 2 unspecified atom stereocenters. The molecule has 0 bridgehead atoms. The molecule has 1 fully saturated rings. The number of likely N-dealkylation sites (tertiary alicyclic amines) is 1. The van der Waals surface area contributed by atoms with Crippen LogP contribution in [0, 0.1) is 0 Å². The zero-order valence-electron chi connectivity index (χ0n) is 13.0. The van der Waals surface area contributed by atoms with Crippen LogP contribution in [0.3, 0.4) is 0 Å². The summed E-state index contributed by atoms with van der Waals surface area (Å²) in [5.74, 6) is 0.347. The number of phenols is 1. The fourth-order valence-electron chi connectivity index (χ4n) is 2.92. The van der Waals surface area contributed by atoms with Gasteiger partial charge >= 0.3 is 0 Å². The molecule has 20 heavy (non-hydrogen) atoms. The van der Waals surface area contributed by atoms with Crippen molar-refractivity contribution in [3.63, 3.8) is 0 Å². The highest BCUT2D eigenvalue weighted by Gasteiger charge is 2.24. The number of nitrogens with one attached hydrogen (secondary N) is 1. The largest absolute Gasteiger partial charge is 0.508 e. The summed E-state index contributed by atoms with van der Waals surface area (Å²) in [6, 6.07) is 9.41. The Hall–Kier alpha value is -1.06. The molecule has 2 rings (SSSR count). The lowest BCUT2D eigenvalue weighted by Gasteiger charge is -2.22. The van der Waals surface area contributed by atoms with Gasteiger partial charge in [-0.05, 0) is 64.3 Å². The highest BCUT2D eigenvalue weighted by molar-refractivity contribution is 5.25. The first-order valence-electron chi connectivity index (χ1n) is 7.82. The summed E-state index contributed by atoms with van der Waals surface area (Å²) in [6.07, 6.45) is 3.47. The minimum atomic E-state index is 0.347. The lowest BCUT2D eigenvalue weighted by molar-refractivity contribution is 0.265. The molecule has 3 nitrogen and oxygen atoms in total. The molecule has 3 heteroatoms. The van der Waals surface area contributed by atoms with Gasteiger partial charge in [0, 0.05) is 24.7 Å². The molecule has 0 aromatic heterocycles. The van der Waals surface area contributed by atoms with Gasteiger partial charge in [-0.15, -0.1) is 0 Å². The van der Waals surface area contributed by atoms with Crippen LogP contribution in [-0.2, 0) is 6.42 Å². The Morgan fingerprint density at radius 3 is 2.55 bits per heavy atom. The lowest BCUT2D eigenvalue weighted by atomic mass is 10.1. The first-order chi connectivity index (χ1) is 9.54. The van der Waals surface area contributed by atoms with Gasteiger partial charge in [-0.3, -0.25) is 4.90 Å². The molecule has 1 heterocycles. The Morgan fingerprint density at radius 2 is 1.95 bits per heavy atom. The van der Waals surface area contributed by atoms with Crippen LogP contribution in [0.15, 0.2) is 24.3 Å². The Kier molecular flexibility index (Phi) is 5.44. The first kappa shape index (κ1) is 15.3. The number of hydrogen-bond donors (Lipinski definition) is 2. The van der Waals surface area contributed by atoms with E-state index in [2.05, 4.69) is 31.0 Å². The molecule has 0 saturated carbocycles. The van der Waals surface area contributed by atoms with Gasteiger partial charge in [0.2, 0.25) is 0 Å². The average Bonchev–Trinajstić information content (AvgIpc) is 2.87. The first-order valence-corrected chi connectivity index (χ1v) is 7.82. The molecule has 2 N–H and O–H groups in total. The zero-order valence-corrected chi connectivity index (χ0v) is 13.0. The molecular formula is C17H28N2O. The van der Waals surface area contributed by atoms with Crippen LogP contribution in [0.25, 0.3) is 0 Å². The van der Waals surface area contributed by atoms with Gasteiger partial charge in [-0.1, -0.05) is 12.1 Å². The number of aromatic hydroxyl groups is 1. The van der Waals surface area contributed by atoms with E-state index >= 15 is 0 Å². The summed E-state index contributed by atoms with van der Waals surface area (Å²) in [4.78, 5) is 2.55. The number of benzene rings is 1. The van der Waals surface area contributed by atoms with Crippen LogP contribution < -0.4 is 5.32 Å². The standard InChI is InChI=1S/C17H28N2O/c1-13(2)19-11-10-16(12-19)18-14(3)4-5-15-6-8-17(20)9-7-15/h6-9,13-14,16,18,20H,4-5,10-12H2,1-3H3. The van der Waals surface area contributed by atoms with Crippen LogP contribution in [-0.4, -0.2) is 41.2 Å². The smallest absolute Gasteiger partial charge is 0.115 e. The van der Waals surface area contributed by atoms with Gasteiger partial charge < -0.3 is 10.4 Å². The Labute approximate surface area is 123 Å². The van der Waals surface area contributed by atoms with E-state index in [9.17, 15) is 5.11 Å². The fraction of sp³-hybridized carbons (Fsp3) is 0.647. The Bertz CT molecular complexity index is 402. The van der Waals surface area contributed by atoms with Gasteiger partial charge in [-0.2, -0.15) is 0 Å². The second kappa shape index (κ2) is 7.09. The van der Waals surface area contributed by atoms with Crippen molar-refractivity contribution in [1.82, 2.24) is 10.2 Å². The Morgan fingerprint density at radius 1 is 1.25 bits per heavy atom. The zero-order chi connectivity index (χ0) is 14.5. The van der Waals surface area contributed by atoms with Crippen LogP contribution in [0.2, 0.25) is 0 Å². The fourth-order valence-corrected chi connectivity index (χ4v) is 2.92. The van der Waals surface area contributed by atoms with E-state index in [1.165, 1.54) is 25.1 Å². The summed E-state index contributed by atoms with van der Waals surface area (Å²) in [7, 11) is 0. The SMILES string of the molecule is CC(CCc1ccc(O)cc1)NC1CCN(C(C)C)C1. The van der Waals surface area contributed by atoms with E-state index in [1.54, 1.807) is 12.1 Å². The summed E-state index contributed by atoms with van der Waals surface area (Å²) in [6.45, 7) is 9.23. The molecule has 1 aromatic carbocycles. The molecule has 2 atom stereocenters. The van der Waals surface area contributed by atoms with E-state index in [0.29, 0.717) is 23.9 Å². The summed E-state index contributed by atoms with van der Waals surface area (Å²) in [5, 5.41) is 13.0. The number of rotatable bonds is 6. The van der Waals surface area contributed by atoms with E-state index in [4.69, 9.17) is 0 Å². The highest BCUT2D eigenvalue weighted by atomic mass is 16.3. The van der Waals surface area contributed by atoms with Gasteiger partial charge in [0.1, 0.15) is 5.75 Å². The number of hydrogen-bond acceptors (Lipinski definition) is 3. The number of phenolic OH excluding ortho intramolecular Hbond substituents is 1. The van der Waals surface area contributed by atoms with Crippen LogP contribution in [0.5, 0.6) is 5.75 Å². The molecule has 1 saturated heterocycles. The van der Waals surface area contributed by atoms with E-state index in [0.717, 1.165) is 12.8 Å². The van der Waals surface area contributed by atoms with Crippen molar-refractivity contribution in [2.45, 2.75) is 58.2 Å². The summed E-state index contributed by atoms with van der Waals surface area (Å²) >= 11 is 0. The van der Waals surface area contributed by atoms with E-state index < -0.39 is 0 Å². The average molecular weight is 276 g/mol. The Balaban J connectivity index is 1.70. The van der Waals surface area contributed by atoms with Crippen molar-refractivity contribution in [1.29, 1.82) is 0 Å². The van der Waals surface area contributed by atoms with Gasteiger partial charge in [0.15, 0.2) is 0 Å². The van der Waals surface area contributed by atoms with Crippen LogP contribution in [0.4, 0.5) is 0 Å².